The number of amides is 1. The van der Waals surface area contributed by atoms with Crippen molar-refractivity contribution in [2.24, 2.45) is 7.05 Å². The lowest BCUT2D eigenvalue weighted by Crippen LogP contribution is -2.27. The lowest BCUT2D eigenvalue weighted by atomic mass is 10.1. The minimum Gasteiger partial charge on any atom is -0.295 e. The molecule has 1 aromatic carbocycles. The summed E-state index contributed by atoms with van der Waals surface area (Å²) in [6.45, 7) is 1.96. The molecule has 0 N–H and O–H groups in total. The number of carbonyl (C=O) groups excluding carboxylic acids is 1. The minimum atomic E-state index is -0.270. The molecule has 0 unspecified atom stereocenters. The second-order valence-electron chi connectivity index (χ2n) is 5.26. The quantitative estimate of drug-likeness (QED) is 0.731. The predicted molar refractivity (Wildman–Crippen MR) is 90.4 cm³/mol. The summed E-state index contributed by atoms with van der Waals surface area (Å²) in [5.74, 6) is 0.369. The normalized spacial score (nSPS) is 10.8. The van der Waals surface area contributed by atoms with Gasteiger partial charge in [0.25, 0.3) is 5.91 Å². The van der Waals surface area contributed by atoms with Crippen molar-refractivity contribution in [3.05, 3.63) is 58.2 Å². The molecule has 0 aliphatic carbocycles. The predicted octanol–water partition coefficient (Wildman–Crippen LogP) is 3.87. The highest BCUT2D eigenvalue weighted by Gasteiger charge is 2.20. The molecule has 0 saturated carbocycles. The zero-order valence-electron chi connectivity index (χ0n) is 13.1. The van der Waals surface area contributed by atoms with Crippen molar-refractivity contribution >= 4 is 23.1 Å². The number of thiophene rings is 1. The van der Waals surface area contributed by atoms with E-state index in [2.05, 4.69) is 5.10 Å². The van der Waals surface area contributed by atoms with E-state index >= 15 is 0 Å². The molecule has 0 saturated heterocycles. The van der Waals surface area contributed by atoms with Crippen LogP contribution in [0.1, 0.15) is 14.5 Å². The number of hydrogen-bond acceptors (Lipinski definition) is 3. The molecule has 3 rings (SSSR count). The Morgan fingerprint density at radius 2 is 1.96 bits per heavy atom. The number of nitrogens with zero attached hydrogens (tertiary/aromatic N) is 3. The van der Waals surface area contributed by atoms with Gasteiger partial charge in [0.05, 0.1) is 11.1 Å². The first-order valence-corrected chi connectivity index (χ1v) is 7.91. The fourth-order valence-corrected chi connectivity index (χ4v) is 3.49. The van der Waals surface area contributed by atoms with Gasteiger partial charge < -0.3 is 0 Å². The van der Waals surface area contributed by atoms with Gasteiger partial charge in [0.15, 0.2) is 0 Å². The van der Waals surface area contributed by atoms with Gasteiger partial charge in [-0.25, -0.2) is 4.39 Å². The molecule has 2 heterocycles. The molecule has 0 spiro atoms. The number of rotatable bonds is 3. The van der Waals surface area contributed by atoms with Gasteiger partial charge in [-0.05, 0) is 36.2 Å². The van der Waals surface area contributed by atoms with Gasteiger partial charge in [-0.3, -0.25) is 14.4 Å². The summed E-state index contributed by atoms with van der Waals surface area (Å²) in [7, 11) is 3.52. The molecule has 0 fully saturated rings. The molecule has 2 aromatic heterocycles. The summed E-state index contributed by atoms with van der Waals surface area (Å²) in [6, 6.07) is 9.96. The topological polar surface area (TPSA) is 38.1 Å². The lowest BCUT2D eigenvalue weighted by molar-refractivity contribution is 0.0995. The van der Waals surface area contributed by atoms with E-state index in [1.165, 1.54) is 23.5 Å². The number of aromatic nitrogens is 2. The van der Waals surface area contributed by atoms with E-state index in [1.807, 2.05) is 13.0 Å². The number of benzene rings is 1. The summed E-state index contributed by atoms with van der Waals surface area (Å²) >= 11 is 1.44. The van der Waals surface area contributed by atoms with Crippen LogP contribution in [0.5, 0.6) is 0 Å². The van der Waals surface area contributed by atoms with Crippen LogP contribution in [0.4, 0.5) is 10.2 Å². The van der Waals surface area contributed by atoms with E-state index < -0.39 is 0 Å². The maximum absolute atomic E-state index is 13.1. The van der Waals surface area contributed by atoms with Gasteiger partial charge >= 0.3 is 0 Å². The summed E-state index contributed by atoms with van der Waals surface area (Å²) in [5, 5.41) is 4.08. The maximum Gasteiger partial charge on any atom is 0.269 e. The van der Waals surface area contributed by atoms with Crippen molar-refractivity contribution in [3.63, 3.8) is 0 Å². The number of halogens is 1. The van der Waals surface area contributed by atoms with E-state index in [-0.39, 0.29) is 11.7 Å². The van der Waals surface area contributed by atoms with Crippen LogP contribution in [0.3, 0.4) is 0 Å². The third-order valence-corrected chi connectivity index (χ3v) is 4.77. The van der Waals surface area contributed by atoms with Crippen molar-refractivity contribution in [2.45, 2.75) is 6.92 Å². The standard InChI is InChI=1S/C17H16FN3OS/c1-11-14(12-4-6-13(18)7-5-12)10-15(23-11)17(22)20(2)16-8-9-19-21(16)3/h4-10H,1-3H3. The Labute approximate surface area is 137 Å². The molecule has 0 aliphatic rings. The Morgan fingerprint density at radius 3 is 2.57 bits per heavy atom. The first-order chi connectivity index (χ1) is 11.0. The molecule has 6 heteroatoms. The fraction of sp³-hybridized carbons (Fsp3) is 0.176. The van der Waals surface area contributed by atoms with E-state index in [1.54, 1.807) is 48.1 Å². The van der Waals surface area contributed by atoms with Gasteiger partial charge in [0.1, 0.15) is 11.6 Å². The van der Waals surface area contributed by atoms with Crippen LogP contribution >= 0.6 is 11.3 Å². The average Bonchev–Trinajstić information content (AvgIpc) is 3.13. The summed E-state index contributed by atoms with van der Waals surface area (Å²) in [4.78, 5) is 15.9. The Balaban J connectivity index is 1.92. The number of anilines is 1. The largest absolute Gasteiger partial charge is 0.295 e. The molecule has 3 aromatic rings. The van der Waals surface area contributed by atoms with Gasteiger partial charge in [-0.2, -0.15) is 5.10 Å². The van der Waals surface area contributed by atoms with E-state index in [4.69, 9.17) is 0 Å². The van der Waals surface area contributed by atoms with Gasteiger partial charge in [0, 0.05) is 25.0 Å². The number of hydrogen-bond donors (Lipinski definition) is 0. The summed E-state index contributed by atoms with van der Waals surface area (Å²) < 4.78 is 14.7. The second-order valence-corrected chi connectivity index (χ2v) is 6.52. The maximum atomic E-state index is 13.1. The Hall–Kier alpha value is -2.47. The molecule has 4 nitrogen and oxygen atoms in total. The molecule has 118 valence electrons. The fourth-order valence-electron chi connectivity index (χ4n) is 2.47. The number of carbonyl (C=O) groups is 1. The van der Waals surface area contributed by atoms with Crippen LogP contribution in [-0.2, 0) is 7.05 Å². The molecular weight excluding hydrogens is 313 g/mol. The van der Waals surface area contributed by atoms with E-state index in [9.17, 15) is 9.18 Å². The highest BCUT2D eigenvalue weighted by atomic mass is 32.1. The van der Waals surface area contributed by atoms with Crippen LogP contribution in [0, 0.1) is 12.7 Å². The highest BCUT2D eigenvalue weighted by Crippen LogP contribution is 2.32. The molecular formula is C17H16FN3OS. The molecule has 0 aliphatic heterocycles. The Morgan fingerprint density at radius 1 is 1.26 bits per heavy atom. The van der Waals surface area contributed by atoms with Gasteiger partial charge in [-0.1, -0.05) is 12.1 Å². The van der Waals surface area contributed by atoms with E-state index in [0.29, 0.717) is 4.88 Å². The average molecular weight is 329 g/mol. The van der Waals surface area contributed by atoms with Crippen LogP contribution < -0.4 is 4.90 Å². The molecule has 0 atom stereocenters. The van der Waals surface area contributed by atoms with Crippen LogP contribution in [-0.4, -0.2) is 22.7 Å². The van der Waals surface area contributed by atoms with Crippen LogP contribution in [0.2, 0.25) is 0 Å². The van der Waals surface area contributed by atoms with Crippen molar-refractivity contribution in [3.8, 4) is 11.1 Å². The Bertz CT molecular complexity index is 851. The molecule has 1 amide bonds. The Kier molecular flexibility index (Phi) is 4.00. The molecule has 0 radical (unpaired) electrons. The molecule has 0 bridgehead atoms. The summed E-state index contributed by atoms with van der Waals surface area (Å²) in [5.41, 5.74) is 1.86. The monoisotopic (exact) mass is 329 g/mol. The van der Waals surface area contributed by atoms with Crippen LogP contribution in [0.25, 0.3) is 11.1 Å². The smallest absolute Gasteiger partial charge is 0.269 e. The van der Waals surface area contributed by atoms with Crippen molar-refractivity contribution < 1.29 is 9.18 Å². The van der Waals surface area contributed by atoms with Gasteiger partial charge in [0.2, 0.25) is 0 Å². The molecule has 23 heavy (non-hydrogen) atoms. The zero-order chi connectivity index (χ0) is 16.6. The first-order valence-electron chi connectivity index (χ1n) is 7.10. The van der Waals surface area contributed by atoms with Crippen molar-refractivity contribution in [1.29, 1.82) is 0 Å². The second kappa shape index (κ2) is 5.96. The van der Waals surface area contributed by atoms with Crippen LogP contribution in [0.15, 0.2) is 42.6 Å². The lowest BCUT2D eigenvalue weighted by Gasteiger charge is -2.15. The highest BCUT2D eigenvalue weighted by molar-refractivity contribution is 7.14. The first kappa shape index (κ1) is 15.4. The zero-order valence-corrected chi connectivity index (χ0v) is 13.9. The third kappa shape index (κ3) is 2.90. The van der Waals surface area contributed by atoms with Crippen molar-refractivity contribution in [1.82, 2.24) is 9.78 Å². The third-order valence-electron chi connectivity index (χ3n) is 3.73. The minimum absolute atomic E-state index is 0.0879. The SMILES string of the molecule is Cc1sc(C(=O)N(C)c2ccnn2C)cc1-c1ccc(F)cc1. The van der Waals surface area contributed by atoms with E-state index in [0.717, 1.165) is 21.8 Å². The van der Waals surface area contributed by atoms with Crippen molar-refractivity contribution in [2.75, 3.05) is 11.9 Å². The number of aryl methyl sites for hydroxylation is 2. The summed E-state index contributed by atoms with van der Waals surface area (Å²) in [6.07, 6.45) is 1.66. The van der Waals surface area contributed by atoms with Gasteiger partial charge in [-0.15, -0.1) is 11.3 Å².